The maximum absolute atomic E-state index is 14.1. The lowest BCUT2D eigenvalue weighted by Crippen LogP contribution is -2.40. The zero-order valence-corrected chi connectivity index (χ0v) is 21.2. The zero-order chi connectivity index (χ0) is 25.5. The summed E-state index contributed by atoms with van der Waals surface area (Å²) in [5.74, 6) is -1.000. The molecule has 1 saturated heterocycles. The fourth-order valence-corrected chi connectivity index (χ4v) is 5.12. The van der Waals surface area contributed by atoms with Gasteiger partial charge in [-0.25, -0.2) is 8.78 Å². The average Bonchev–Trinajstić information content (AvgIpc) is 3.23. The van der Waals surface area contributed by atoms with Gasteiger partial charge in [0.25, 0.3) is 0 Å². The number of ether oxygens (including phenoxy) is 1. The van der Waals surface area contributed by atoms with Gasteiger partial charge in [-0.2, -0.15) is 0 Å². The number of rotatable bonds is 12. The molecule has 1 aliphatic heterocycles. The Labute approximate surface area is 211 Å². The van der Waals surface area contributed by atoms with Crippen LogP contribution in [0, 0.1) is 6.92 Å². The summed E-state index contributed by atoms with van der Waals surface area (Å²) in [6, 6.07) is 6.44. The van der Waals surface area contributed by atoms with Gasteiger partial charge in [-0.05, 0) is 86.1 Å². The van der Waals surface area contributed by atoms with E-state index in [2.05, 4.69) is 11.0 Å². The molecule has 0 aromatic heterocycles. The molecule has 1 aliphatic carbocycles. The van der Waals surface area contributed by atoms with Crippen molar-refractivity contribution in [3.63, 3.8) is 0 Å². The van der Waals surface area contributed by atoms with Crippen LogP contribution in [0.5, 0.6) is 0 Å². The van der Waals surface area contributed by atoms with E-state index in [0.717, 1.165) is 42.5 Å². The first-order chi connectivity index (χ1) is 16.7. The van der Waals surface area contributed by atoms with Crippen LogP contribution >= 0.6 is 11.6 Å². The number of likely N-dealkylation sites (tertiary alicyclic amines) is 1. The van der Waals surface area contributed by atoms with Gasteiger partial charge in [0.2, 0.25) is 0 Å². The summed E-state index contributed by atoms with van der Waals surface area (Å²) in [6.07, 6.45) is 0.892. The van der Waals surface area contributed by atoms with Crippen molar-refractivity contribution in [2.24, 2.45) is 0 Å². The third-order valence-corrected chi connectivity index (χ3v) is 7.25. The number of aliphatic carboxylic acids is 1. The van der Waals surface area contributed by atoms with Gasteiger partial charge in [-0.1, -0.05) is 30.7 Å². The average molecular weight is 512 g/mol. The number of alkyl halides is 2. The summed E-state index contributed by atoms with van der Waals surface area (Å²) in [7, 11) is 0. The molecule has 0 bridgehead atoms. The lowest BCUT2D eigenvalue weighted by Gasteiger charge is -2.30. The highest BCUT2D eigenvalue weighted by Gasteiger charge is 2.30. The van der Waals surface area contributed by atoms with Gasteiger partial charge in [-0.15, -0.1) is 0 Å². The van der Waals surface area contributed by atoms with Crippen molar-refractivity contribution >= 4 is 17.6 Å². The van der Waals surface area contributed by atoms with Crippen LogP contribution in [-0.4, -0.2) is 71.4 Å². The lowest BCUT2D eigenvalue weighted by atomic mass is 9.88. The molecule has 3 rings (SSSR count). The molecule has 2 aliphatic rings. The van der Waals surface area contributed by atoms with Crippen molar-refractivity contribution in [1.82, 2.24) is 4.90 Å². The molecule has 0 amide bonds. The van der Waals surface area contributed by atoms with E-state index in [9.17, 15) is 18.7 Å². The Morgan fingerprint density at radius 2 is 2.03 bits per heavy atom. The van der Waals surface area contributed by atoms with Crippen LogP contribution in [0.25, 0.3) is 0 Å². The van der Waals surface area contributed by atoms with Gasteiger partial charge < -0.3 is 14.9 Å². The van der Waals surface area contributed by atoms with E-state index >= 15 is 0 Å². The molecule has 194 valence electrons. The van der Waals surface area contributed by atoms with Crippen LogP contribution in [0.2, 0.25) is 5.02 Å². The molecule has 1 aromatic rings. The summed E-state index contributed by atoms with van der Waals surface area (Å²) < 4.78 is 34.0. The summed E-state index contributed by atoms with van der Waals surface area (Å²) in [5, 5.41) is 20.5. The molecular formula is C27H36ClF2NO4. The van der Waals surface area contributed by atoms with Crippen LogP contribution < -0.4 is 0 Å². The second-order valence-corrected chi connectivity index (χ2v) is 9.97. The quantitative estimate of drug-likeness (QED) is 0.402. The molecule has 0 spiro atoms. The Kier molecular flexibility index (Phi) is 10.3. The van der Waals surface area contributed by atoms with Gasteiger partial charge in [0.15, 0.2) is 12.3 Å². The molecule has 0 radical (unpaired) electrons. The Morgan fingerprint density at radius 1 is 1.29 bits per heavy atom. The van der Waals surface area contributed by atoms with E-state index in [4.69, 9.17) is 21.4 Å². The second-order valence-electron chi connectivity index (χ2n) is 9.56. The zero-order valence-electron chi connectivity index (χ0n) is 20.4. The molecule has 35 heavy (non-hydrogen) atoms. The molecule has 5 nitrogen and oxygen atoms in total. The van der Waals surface area contributed by atoms with Crippen molar-refractivity contribution in [2.45, 2.75) is 83.0 Å². The largest absolute Gasteiger partial charge is 0.481 e. The van der Waals surface area contributed by atoms with Crippen molar-refractivity contribution in [3.05, 3.63) is 57.6 Å². The number of allylic oxidation sites excluding steroid dienone is 2. The SMILES string of the molecule is CC[C@@H](OC[C@H](O)CN1CCC[C@H]1Cc1ccc(C)c(Cl)c1)C1=CC(F)C(F)C=C1CCC(=O)O. The number of aliphatic hydroxyl groups is 1. The highest BCUT2D eigenvalue weighted by molar-refractivity contribution is 6.31. The van der Waals surface area contributed by atoms with Crippen molar-refractivity contribution in [1.29, 1.82) is 0 Å². The minimum atomic E-state index is -1.79. The Bertz CT molecular complexity index is 938. The molecule has 1 aromatic carbocycles. The smallest absolute Gasteiger partial charge is 0.303 e. The van der Waals surface area contributed by atoms with Gasteiger partial charge in [-0.3, -0.25) is 9.69 Å². The highest BCUT2D eigenvalue weighted by atomic mass is 35.5. The van der Waals surface area contributed by atoms with E-state index in [-0.39, 0.29) is 19.4 Å². The molecular weight excluding hydrogens is 476 g/mol. The fourth-order valence-electron chi connectivity index (χ4n) is 4.91. The number of hydrogen-bond donors (Lipinski definition) is 2. The Balaban J connectivity index is 1.57. The fraction of sp³-hybridized carbons (Fsp3) is 0.593. The van der Waals surface area contributed by atoms with Crippen LogP contribution in [0.1, 0.15) is 50.2 Å². The Hall–Kier alpha value is -1.80. The topological polar surface area (TPSA) is 70.0 Å². The molecule has 1 heterocycles. The normalized spacial score (nSPS) is 24.7. The van der Waals surface area contributed by atoms with Gasteiger partial charge in [0, 0.05) is 24.0 Å². The maximum Gasteiger partial charge on any atom is 0.303 e. The van der Waals surface area contributed by atoms with Crippen LogP contribution in [0.15, 0.2) is 41.5 Å². The highest BCUT2D eigenvalue weighted by Crippen LogP contribution is 2.31. The standard InChI is InChI=1S/C27H36ClF2NO4/c1-3-26(22-14-25(30)24(29)13-19(22)8-9-27(33)34)35-16-21(32)15-31-10-4-5-20(31)11-18-7-6-17(2)23(28)12-18/h6-7,12-14,20-21,24-26,32H,3-5,8-11,15-16H2,1-2H3,(H,33,34)/t20-,21+,24?,25?,26+/m0/s1. The number of hydrogen-bond acceptors (Lipinski definition) is 4. The van der Waals surface area contributed by atoms with Crippen molar-refractivity contribution in [3.8, 4) is 0 Å². The first-order valence-electron chi connectivity index (χ1n) is 12.4. The van der Waals surface area contributed by atoms with Gasteiger partial charge in [0.1, 0.15) is 0 Å². The van der Waals surface area contributed by atoms with Gasteiger partial charge >= 0.3 is 5.97 Å². The number of benzene rings is 1. The number of carboxylic acids is 1. The number of carboxylic acid groups (broad SMARTS) is 1. The maximum atomic E-state index is 14.1. The number of β-amino-alcohol motifs (C(OH)–C–C–N with tert-alkyl or cyclic N) is 1. The van der Waals surface area contributed by atoms with E-state index < -0.39 is 30.5 Å². The van der Waals surface area contributed by atoms with E-state index in [1.54, 1.807) is 0 Å². The number of carbonyl (C=O) groups is 1. The third-order valence-electron chi connectivity index (χ3n) is 6.84. The number of nitrogens with zero attached hydrogens (tertiary/aromatic N) is 1. The van der Waals surface area contributed by atoms with Gasteiger partial charge in [0.05, 0.1) is 18.8 Å². The number of aryl methyl sites for hydroxylation is 1. The van der Waals surface area contributed by atoms with Crippen LogP contribution in [0.4, 0.5) is 8.78 Å². The predicted molar refractivity (Wildman–Crippen MR) is 133 cm³/mol. The van der Waals surface area contributed by atoms with E-state index in [1.807, 2.05) is 26.0 Å². The first-order valence-corrected chi connectivity index (χ1v) is 12.8. The minimum Gasteiger partial charge on any atom is -0.481 e. The summed E-state index contributed by atoms with van der Waals surface area (Å²) in [4.78, 5) is 13.3. The molecule has 0 saturated carbocycles. The number of aliphatic hydroxyl groups excluding tert-OH is 1. The van der Waals surface area contributed by atoms with Crippen LogP contribution in [-0.2, 0) is 16.0 Å². The second kappa shape index (κ2) is 12.9. The molecule has 5 atom stereocenters. The summed E-state index contributed by atoms with van der Waals surface area (Å²) in [6.45, 7) is 5.25. The minimum absolute atomic E-state index is 0.0532. The predicted octanol–water partition coefficient (Wildman–Crippen LogP) is 5.22. The number of halogens is 3. The summed E-state index contributed by atoms with van der Waals surface area (Å²) >= 11 is 6.28. The molecule has 2 unspecified atom stereocenters. The molecule has 2 N–H and O–H groups in total. The van der Waals surface area contributed by atoms with Crippen molar-refractivity contribution in [2.75, 3.05) is 19.7 Å². The Morgan fingerprint density at radius 3 is 2.71 bits per heavy atom. The van der Waals surface area contributed by atoms with E-state index in [1.165, 1.54) is 11.6 Å². The van der Waals surface area contributed by atoms with E-state index in [0.29, 0.717) is 30.2 Å². The van der Waals surface area contributed by atoms with Crippen molar-refractivity contribution < 1.29 is 28.5 Å². The molecule has 8 heteroatoms. The monoisotopic (exact) mass is 511 g/mol. The van der Waals surface area contributed by atoms with Crippen LogP contribution in [0.3, 0.4) is 0 Å². The lowest BCUT2D eigenvalue weighted by molar-refractivity contribution is -0.136. The summed E-state index contributed by atoms with van der Waals surface area (Å²) in [5.41, 5.74) is 3.17. The first kappa shape index (κ1) is 27.8. The molecule has 1 fully saturated rings. The third kappa shape index (κ3) is 7.84.